The van der Waals surface area contributed by atoms with Crippen molar-refractivity contribution in [3.05, 3.63) is 0 Å². The summed E-state index contributed by atoms with van der Waals surface area (Å²) < 4.78 is 0. The Morgan fingerprint density at radius 2 is 1.21 bits per heavy atom. The molecule has 0 amide bonds. The molecule has 0 fully saturated rings. The van der Waals surface area contributed by atoms with Crippen molar-refractivity contribution in [1.29, 1.82) is 0 Å². The number of hydrogen-bond acceptors (Lipinski definition) is 1. The van der Waals surface area contributed by atoms with Crippen molar-refractivity contribution in [2.24, 2.45) is 0 Å². The van der Waals surface area contributed by atoms with Crippen molar-refractivity contribution < 1.29 is 0 Å². The highest BCUT2D eigenvalue weighted by molar-refractivity contribution is 6.79. The van der Waals surface area contributed by atoms with E-state index in [1.54, 1.807) is 0 Å². The van der Waals surface area contributed by atoms with Crippen LogP contribution in [-0.2, 0) is 0 Å². The molecule has 2 heteroatoms. The maximum Gasteiger partial charge on any atom is 0.0540 e. The van der Waals surface area contributed by atoms with Gasteiger partial charge in [-0.2, -0.15) is 0 Å². The minimum Gasteiger partial charge on any atom is -0.304 e. The smallest absolute Gasteiger partial charge is 0.0540 e. The summed E-state index contributed by atoms with van der Waals surface area (Å²) >= 11 is 0. The second-order valence-electron chi connectivity index (χ2n) is 4.34. The molecule has 0 aromatic heterocycles. The molecule has 0 saturated heterocycles. The maximum absolute atomic E-state index is 2.57. The fraction of sp³-hybridized carbons (Fsp3) is 1.00. The summed E-state index contributed by atoms with van der Waals surface area (Å²) in [4.78, 5) is 2.57. The average Bonchev–Trinajstić information content (AvgIpc) is 2.26. The van der Waals surface area contributed by atoms with Crippen molar-refractivity contribution in [1.82, 2.24) is 4.90 Å². The molecule has 1 nitrogen and oxygen atoms in total. The Morgan fingerprint density at radius 3 is 1.50 bits per heavy atom. The third kappa shape index (κ3) is 4.14. The summed E-state index contributed by atoms with van der Waals surface area (Å²) in [7, 11) is -0.854. The Morgan fingerprint density at radius 1 is 0.786 bits per heavy atom. The zero-order valence-corrected chi connectivity index (χ0v) is 11.9. The molecule has 0 aromatic rings. The molecule has 0 saturated carbocycles. The molecule has 0 aromatic carbocycles. The Labute approximate surface area is 91.9 Å². The summed E-state index contributed by atoms with van der Waals surface area (Å²) in [6, 6.07) is 5.93. The largest absolute Gasteiger partial charge is 0.304 e. The minimum absolute atomic E-state index is 0.854. The molecule has 0 rings (SSSR count). The van der Waals surface area contributed by atoms with Gasteiger partial charge in [-0.25, -0.2) is 0 Å². The molecule has 14 heavy (non-hydrogen) atoms. The number of rotatable bonds is 8. The molecule has 0 aliphatic rings. The van der Waals surface area contributed by atoms with Gasteiger partial charge in [0.25, 0.3) is 0 Å². The Bertz CT molecular complexity index is 120. The van der Waals surface area contributed by atoms with E-state index in [1.165, 1.54) is 43.8 Å². The van der Waals surface area contributed by atoms with E-state index in [-0.39, 0.29) is 0 Å². The van der Waals surface area contributed by atoms with Crippen LogP contribution >= 0.6 is 0 Å². The first kappa shape index (κ1) is 14.2. The molecule has 0 unspecified atom stereocenters. The van der Waals surface area contributed by atoms with E-state index in [2.05, 4.69) is 39.5 Å². The molecular formula is C12H29NSi. The molecule has 0 spiro atoms. The van der Waals surface area contributed by atoms with Crippen LogP contribution in [0.25, 0.3) is 0 Å². The highest BCUT2D eigenvalue weighted by Crippen LogP contribution is 2.25. The van der Waals surface area contributed by atoms with Crippen LogP contribution in [0.4, 0.5) is 0 Å². The van der Waals surface area contributed by atoms with Gasteiger partial charge >= 0.3 is 0 Å². The highest BCUT2D eigenvalue weighted by atomic mass is 28.3. The van der Waals surface area contributed by atoms with Crippen LogP contribution in [0, 0.1) is 0 Å². The average molecular weight is 215 g/mol. The van der Waals surface area contributed by atoms with Crippen molar-refractivity contribution in [2.45, 2.75) is 58.8 Å². The van der Waals surface area contributed by atoms with Crippen molar-refractivity contribution in [3.8, 4) is 0 Å². The van der Waals surface area contributed by atoms with Gasteiger partial charge in [0.1, 0.15) is 0 Å². The van der Waals surface area contributed by atoms with Gasteiger partial charge in [0.2, 0.25) is 0 Å². The van der Waals surface area contributed by atoms with Gasteiger partial charge in [-0.15, -0.1) is 0 Å². The molecule has 0 aliphatic heterocycles. The Kier molecular flexibility index (Phi) is 7.56. The van der Waals surface area contributed by atoms with Gasteiger partial charge in [0.15, 0.2) is 0 Å². The highest BCUT2D eigenvalue weighted by Gasteiger charge is 2.26. The lowest BCUT2D eigenvalue weighted by Crippen LogP contribution is -2.36. The molecule has 0 bridgehead atoms. The standard InChI is InChI=1S/C12H29NSi/c1-6-13(7-2)11-12-14(8-3,9-4)10-5/h6-12H2,1-5H3. The SMILES string of the molecule is CCN(CC)CC[Si](CC)(CC)CC. The number of nitrogens with zero attached hydrogens (tertiary/aromatic N) is 1. The fourth-order valence-electron chi connectivity index (χ4n) is 2.22. The molecule has 86 valence electrons. The predicted molar refractivity (Wildman–Crippen MR) is 69.8 cm³/mol. The van der Waals surface area contributed by atoms with Crippen molar-refractivity contribution >= 4 is 8.07 Å². The molecule has 0 heterocycles. The van der Waals surface area contributed by atoms with E-state index < -0.39 is 8.07 Å². The lowest BCUT2D eigenvalue weighted by Gasteiger charge is -2.30. The quantitative estimate of drug-likeness (QED) is 0.556. The van der Waals surface area contributed by atoms with E-state index in [0.29, 0.717) is 0 Å². The first-order valence-corrected chi connectivity index (χ1v) is 9.23. The second kappa shape index (κ2) is 7.47. The van der Waals surface area contributed by atoms with Gasteiger partial charge < -0.3 is 4.90 Å². The third-order valence-corrected chi connectivity index (χ3v) is 9.89. The normalized spacial score (nSPS) is 12.4. The topological polar surface area (TPSA) is 3.24 Å². The number of hydrogen-bond donors (Lipinski definition) is 0. The van der Waals surface area contributed by atoms with E-state index in [0.717, 1.165) is 0 Å². The zero-order valence-electron chi connectivity index (χ0n) is 10.9. The summed E-state index contributed by atoms with van der Waals surface area (Å²) in [6.45, 7) is 15.5. The monoisotopic (exact) mass is 215 g/mol. The summed E-state index contributed by atoms with van der Waals surface area (Å²) in [5, 5.41) is 0. The van der Waals surface area contributed by atoms with E-state index >= 15 is 0 Å². The van der Waals surface area contributed by atoms with E-state index in [9.17, 15) is 0 Å². The first-order chi connectivity index (χ1) is 6.67. The Balaban J connectivity index is 4.04. The molecule has 0 atom stereocenters. The van der Waals surface area contributed by atoms with E-state index in [1.807, 2.05) is 0 Å². The van der Waals surface area contributed by atoms with Crippen LogP contribution < -0.4 is 0 Å². The molecule has 0 aliphatic carbocycles. The van der Waals surface area contributed by atoms with Crippen LogP contribution in [0.5, 0.6) is 0 Å². The lowest BCUT2D eigenvalue weighted by molar-refractivity contribution is 0.319. The van der Waals surface area contributed by atoms with Gasteiger partial charge in [-0.3, -0.25) is 0 Å². The van der Waals surface area contributed by atoms with Crippen molar-refractivity contribution in [3.63, 3.8) is 0 Å². The zero-order chi connectivity index (χ0) is 11.0. The molecule has 0 N–H and O–H groups in total. The van der Waals surface area contributed by atoms with Crippen molar-refractivity contribution in [2.75, 3.05) is 19.6 Å². The van der Waals surface area contributed by atoms with Gasteiger partial charge in [-0.05, 0) is 25.7 Å². The van der Waals surface area contributed by atoms with Gasteiger partial charge in [0, 0.05) is 0 Å². The van der Waals surface area contributed by atoms with Gasteiger partial charge in [0.05, 0.1) is 8.07 Å². The van der Waals surface area contributed by atoms with Crippen LogP contribution in [0.1, 0.15) is 34.6 Å². The predicted octanol–water partition coefficient (Wildman–Crippen LogP) is 3.84. The summed E-state index contributed by atoms with van der Waals surface area (Å²) in [5.41, 5.74) is 0. The van der Waals surface area contributed by atoms with Crippen LogP contribution in [-0.4, -0.2) is 32.6 Å². The molecule has 0 radical (unpaired) electrons. The van der Waals surface area contributed by atoms with Crippen LogP contribution in [0.3, 0.4) is 0 Å². The fourth-order valence-corrected chi connectivity index (χ4v) is 5.57. The summed E-state index contributed by atoms with van der Waals surface area (Å²) in [5.74, 6) is 0. The van der Waals surface area contributed by atoms with E-state index in [4.69, 9.17) is 0 Å². The first-order valence-electron chi connectivity index (χ1n) is 6.40. The molecular weight excluding hydrogens is 186 g/mol. The van der Waals surface area contributed by atoms with Crippen LogP contribution in [0.15, 0.2) is 0 Å². The Hall–Kier alpha value is 0.177. The maximum atomic E-state index is 2.57. The minimum atomic E-state index is -0.854. The van der Waals surface area contributed by atoms with Crippen LogP contribution in [0.2, 0.25) is 24.2 Å². The lowest BCUT2D eigenvalue weighted by atomic mass is 10.5. The van der Waals surface area contributed by atoms with Gasteiger partial charge in [-0.1, -0.05) is 52.8 Å². The summed E-state index contributed by atoms with van der Waals surface area (Å²) in [6.07, 6.45) is 0. The third-order valence-electron chi connectivity index (χ3n) is 4.10. The second-order valence-corrected chi connectivity index (χ2v) is 9.96.